The minimum absolute atomic E-state index is 0.171. The van der Waals surface area contributed by atoms with Crippen molar-refractivity contribution in [2.45, 2.75) is 77.4 Å². The second-order valence-electron chi connectivity index (χ2n) is 9.03. The predicted octanol–water partition coefficient (Wildman–Crippen LogP) is 7.32. The van der Waals surface area contributed by atoms with E-state index in [0.717, 1.165) is 13.0 Å². The fourth-order valence-corrected chi connectivity index (χ4v) is 5.04. The van der Waals surface area contributed by atoms with Crippen molar-refractivity contribution in [3.05, 3.63) is 39.0 Å². The molecule has 0 aliphatic heterocycles. The molecule has 0 atom stereocenters. The van der Waals surface area contributed by atoms with E-state index in [9.17, 15) is 0 Å². The summed E-state index contributed by atoms with van der Waals surface area (Å²) in [6.45, 7) is 17.2. The van der Waals surface area contributed by atoms with Crippen LogP contribution in [0, 0.1) is 0 Å². The lowest BCUT2D eigenvalue weighted by molar-refractivity contribution is 0.280. The maximum Gasteiger partial charge on any atom is 0.191 e. The summed E-state index contributed by atoms with van der Waals surface area (Å²) in [5.41, 5.74) is 4.69. The van der Waals surface area contributed by atoms with Gasteiger partial charge >= 0.3 is 0 Å². The zero-order valence-electron chi connectivity index (χ0n) is 16.4. The second kappa shape index (κ2) is 7.24. The largest absolute Gasteiger partial charge is 0.417 e. The van der Waals surface area contributed by atoms with Crippen LogP contribution in [-0.2, 0) is 9.84 Å². The number of rotatable bonds is 6. The summed E-state index contributed by atoms with van der Waals surface area (Å²) >= 11 is 2.57. The van der Waals surface area contributed by atoms with Crippen molar-refractivity contribution >= 4 is 36.5 Å². The third-order valence-electron chi connectivity index (χ3n) is 5.83. The van der Waals surface area contributed by atoms with Crippen LogP contribution in [0.3, 0.4) is 0 Å². The van der Waals surface area contributed by atoms with Gasteiger partial charge in [-0.2, -0.15) is 0 Å². The molecule has 0 saturated heterocycles. The quantitative estimate of drug-likeness (QED) is 0.248. The highest BCUT2D eigenvalue weighted by atomic mass is 127. The molecule has 0 saturated carbocycles. The highest BCUT2D eigenvalue weighted by Crippen LogP contribution is 2.50. The molecule has 0 aromatic heterocycles. The fraction of sp³-hybridized carbons (Fsp3) is 0.619. The van der Waals surface area contributed by atoms with Crippen LogP contribution in [0.5, 0.6) is 0 Å². The van der Waals surface area contributed by atoms with Crippen molar-refractivity contribution in [3.63, 3.8) is 0 Å². The maximum absolute atomic E-state index is 6.32. The number of hydrogen-bond donors (Lipinski definition) is 0. The molecule has 0 heterocycles. The Labute approximate surface area is 163 Å². The Hall–Kier alpha value is -0.133. The molecule has 134 valence electrons. The monoisotopic (exact) mass is 456 g/mol. The van der Waals surface area contributed by atoms with E-state index in [2.05, 4.69) is 94.6 Å². The average Bonchev–Trinajstić information content (AvgIpc) is 2.67. The molecule has 0 radical (unpaired) electrons. The van der Waals surface area contributed by atoms with Gasteiger partial charge in [0.25, 0.3) is 0 Å². The van der Waals surface area contributed by atoms with Gasteiger partial charge in [-0.1, -0.05) is 58.9 Å². The van der Waals surface area contributed by atoms with E-state index < -0.39 is 8.32 Å². The summed E-state index contributed by atoms with van der Waals surface area (Å²) in [5, 5.41) is 0.305. The Bertz CT molecular complexity index is 623. The van der Waals surface area contributed by atoms with Crippen molar-refractivity contribution < 1.29 is 4.43 Å². The summed E-state index contributed by atoms with van der Waals surface area (Å²) in [6.07, 6.45) is 3.53. The number of fused-ring (bicyclic) bond motifs is 1. The van der Waals surface area contributed by atoms with Gasteiger partial charge < -0.3 is 4.43 Å². The summed E-state index contributed by atoms with van der Waals surface area (Å²) in [7, 11) is -1.59. The van der Waals surface area contributed by atoms with E-state index in [4.69, 9.17) is 4.43 Å². The van der Waals surface area contributed by atoms with Crippen LogP contribution in [-0.4, -0.2) is 14.9 Å². The number of unbranched alkanes of at least 4 members (excludes halogenated alkanes) is 1. The van der Waals surface area contributed by atoms with Crippen LogP contribution >= 0.6 is 22.6 Å². The smallest absolute Gasteiger partial charge is 0.191 e. The van der Waals surface area contributed by atoms with Gasteiger partial charge in [-0.05, 0) is 76.7 Å². The summed E-state index contributed by atoms with van der Waals surface area (Å²) in [5.74, 6) is 0. The van der Waals surface area contributed by atoms with Crippen LogP contribution < -0.4 is 0 Å². The topological polar surface area (TPSA) is 9.23 Å². The lowest BCUT2D eigenvalue weighted by atomic mass is 9.87. The van der Waals surface area contributed by atoms with Crippen molar-refractivity contribution in [3.8, 4) is 0 Å². The van der Waals surface area contributed by atoms with E-state index in [-0.39, 0.29) is 5.41 Å². The lowest BCUT2D eigenvalue weighted by Crippen LogP contribution is -2.40. The Kier molecular flexibility index (Phi) is 6.09. The molecule has 0 amide bonds. The number of allylic oxidation sites excluding steroid dienone is 2. The van der Waals surface area contributed by atoms with Crippen molar-refractivity contribution in [1.82, 2.24) is 0 Å². The number of benzene rings is 1. The normalized spacial score (nSPS) is 17.3. The minimum atomic E-state index is -1.59. The third kappa shape index (κ3) is 3.99. The Morgan fingerprint density at radius 1 is 1.08 bits per heavy atom. The highest BCUT2D eigenvalue weighted by molar-refractivity contribution is 14.1. The van der Waals surface area contributed by atoms with E-state index in [1.54, 1.807) is 5.57 Å². The van der Waals surface area contributed by atoms with Crippen molar-refractivity contribution in [1.29, 1.82) is 0 Å². The van der Waals surface area contributed by atoms with Gasteiger partial charge in [-0.15, -0.1) is 0 Å². The Balaban J connectivity index is 1.93. The van der Waals surface area contributed by atoms with Crippen LogP contribution in [0.1, 0.15) is 65.0 Å². The van der Waals surface area contributed by atoms with Gasteiger partial charge in [0.1, 0.15) is 0 Å². The molecule has 1 aliphatic rings. The van der Waals surface area contributed by atoms with Crippen molar-refractivity contribution in [2.24, 2.45) is 0 Å². The van der Waals surface area contributed by atoms with Gasteiger partial charge in [-0.25, -0.2) is 0 Å². The maximum atomic E-state index is 6.32. The molecule has 0 unspecified atom stereocenters. The fourth-order valence-electron chi connectivity index (χ4n) is 3.10. The molecule has 1 aliphatic carbocycles. The van der Waals surface area contributed by atoms with Gasteiger partial charge in [0.05, 0.1) is 0 Å². The average molecular weight is 456 g/mol. The minimum Gasteiger partial charge on any atom is -0.417 e. The summed E-state index contributed by atoms with van der Waals surface area (Å²) < 4.78 is 7.84. The molecule has 3 heteroatoms. The van der Waals surface area contributed by atoms with Gasteiger partial charge in [0.2, 0.25) is 0 Å². The predicted molar refractivity (Wildman–Crippen MR) is 117 cm³/mol. The first kappa shape index (κ1) is 20.2. The molecule has 0 fully saturated rings. The molecule has 1 nitrogen and oxygen atoms in total. The number of hydrogen-bond acceptors (Lipinski definition) is 1. The Morgan fingerprint density at radius 2 is 1.71 bits per heavy atom. The van der Waals surface area contributed by atoms with Crippen molar-refractivity contribution in [2.75, 3.05) is 6.61 Å². The molecule has 0 bridgehead atoms. The molecule has 2 rings (SSSR count). The molecule has 0 N–H and O–H groups in total. The first-order valence-electron chi connectivity index (χ1n) is 9.11. The Morgan fingerprint density at radius 3 is 2.33 bits per heavy atom. The zero-order chi connectivity index (χ0) is 18.2. The first-order chi connectivity index (χ1) is 11.0. The standard InChI is InChI=1S/C21H33IOSi/c1-20(2,3)24(6,7)23-15-11-10-13-17-16-12-8-9-14-18(16)21(4,5)19(17)22/h8-9,12,14H,10-11,13,15H2,1-7H3. The second-order valence-corrected chi connectivity index (χ2v) is 14.9. The zero-order valence-corrected chi connectivity index (χ0v) is 19.6. The van der Waals surface area contributed by atoms with Crippen LogP contribution in [0.2, 0.25) is 18.1 Å². The first-order valence-corrected chi connectivity index (χ1v) is 13.1. The van der Waals surface area contributed by atoms with E-state index >= 15 is 0 Å². The van der Waals surface area contributed by atoms with E-state index in [1.807, 2.05) is 0 Å². The van der Waals surface area contributed by atoms with Gasteiger partial charge in [0, 0.05) is 15.6 Å². The lowest BCUT2D eigenvalue weighted by Gasteiger charge is -2.36. The van der Waals surface area contributed by atoms with Gasteiger partial charge in [-0.3, -0.25) is 0 Å². The van der Waals surface area contributed by atoms with E-state index in [0.29, 0.717) is 5.04 Å². The molecule has 1 aromatic carbocycles. The third-order valence-corrected chi connectivity index (χ3v) is 12.4. The molecule has 0 spiro atoms. The van der Waals surface area contributed by atoms with Gasteiger partial charge in [0.15, 0.2) is 8.32 Å². The van der Waals surface area contributed by atoms with Crippen LogP contribution in [0.15, 0.2) is 27.8 Å². The molecule has 24 heavy (non-hydrogen) atoms. The molecular weight excluding hydrogens is 423 g/mol. The highest BCUT2D eigenvalue weighted by Gasteiger charge is 2.37. The van der Waals surface area contributed by atoms with E-state index in [1.165, 1.54) is 27.5 Å². The van der Waals surface area contributed by atoms with Crippen LogP contribution in [0.25, 0.3) is 5.57 Å². The summed E-state index contributed by atoms with van der Waals surface area (Å²) in [6, 6.07) is 8.93. The summed E-state index contributed by atoms with van der Waals surface area (Å²) in [4.78, 5) is 0. The SMILES string of the molecule is CC1(C)C(I)=C(CCCCO[Si](C)(C)C(C)(C)C)c2ccccc21. The van der Waals surface area contributed by atoms with Crippen LogP contribution in [0.4, 0.5) is 0 Å². The molecule has 1 aromatic rings. The molecular formula is C21H33IOSi. The number of halogens is 1.